The van der Waals surface area contributed by atoms with E-state index >= 15 is 0 Å². The van der Waals surface area contributed by atoms with Gasteiger partial charge in [0.25, 0.3) is 0 Å². The first-order valence-electron chi connectivity index (χ1n) is 7.76. The van der Waals surface area contributed by atoms with Gasteiger partial charge in [-0.3, -0.25) is 4.99 Å². The Morgan fingerprint density at radius 1 is 1.35 bits per heavy atom. The Kier molecular flexibility index (Phi) is 11.4. The molecule has 138 valence electrons. The molecule has 23 heavy (non-hydrogen) atoms. The molecular formula is C14H30IN3O4S. The summed E-state index contributed by atoms with van der Waals surface area (Å²) in [6.07, 6.45) is 3.32. The van der Waals surface area contributed by atoms with Gasteiger partial charge in [-0.05, 0) is 26.7 Å². The maximum atomic E-state index is 11.0. The Labute approximate surface area is 156 Å². The van der Waals surface area contributed by atoms with Gasteiger partial charge in [0.1, 0.15) is 9.84 Å². The molecule has 1 heterocycles. The van der Waals surface area contributed by atoms with E-state index in [0.717, 1.165) is 32.0 Å². The molecule has 1 atom stereocenters. The van der Waals surface area contributed by atoms with E-state index in [1.165, 1.54) is 6.26 Å². The van der Waals surface area contributed by atoms with Crippen LogP contribution in [-0.2, 0) is 19.3 Å². The molecule has 1 fully saturated rings. The van der Waals surface area contributed by atoms with Crippen LogP contribution in [0.3, 0.4) is 0 Å². The number of aliphatic imine (C=N–C) groups is 1. The van der Waals surface area contributed by atoms with Crippen molar-refractivity contribution in [2.45, 2.75) is 32.3 Å². The Bertz CT molecular complexity index is 451. The standard InChI is InChI=1S/C14H29N3O4S.HI/c1-4-15-13(17-12-14(2)6-5-8-21-14)16-7-9-20-10-11-22(3,18)19;/h4-12H2,1-3H3,(H2,15,16,17);1H. The molecule has 0 aromatic carbocycles. The second-order valence-corrected chi connectivity index (χ2v) is 8.03. The summed E-state index contributed by atoms with van der Waals surface area (Å²) in [5.41, 5.74) is -0.158. The van der Waals surface area contributed by atoms with E-state index in [2.05, 4.69) is 22.5 Å². The molecule has 1 unspecified atom stereocenters. The Morgan fingerprint density at radius 2 is 2.09 bits per heavy atom. The van der Waals surface area contributed by atoms with Crippen molar-refractivity contribution in [1.82, 2.24) is 10.6 Å². The first kappa shape index (κ1) is 22.9. The number of hydrogen-bond acceptors (Lipinski definition) is 5. The number of rotatable bonds is 9. The van der Waals surface area contributed by atoms with Crippen LogP contribution >= 0.6 is 24.0 Å². The molecule has 0 radical (unpaired) electrons. The summed E-state index contributed by atoms with van der Waals surface area (Å²) in [5, 5.41) is 6.34. The molecule has 0 amide bonds. The fraction of sp³-hybridized carbons (Fsp3) is 0.929. The van der Waals surface area contributed by atoms with Gasteiger partial charge in [-0.2, -0.15) is 0 Å². The molecule has 1 saturated heterocycles. The van der Waals surface area contributed by atoms with Gasteiger partial charge in [0.15, 0.2) is 5.96 Å². The first-order valence-corrected chi connectivity index (χ1v) is 9.82. The van der Waals surface area contributed by atoms with Gasteiger partial charge in [-0.15, -0.1) is 24.0 Å². The lowest BCUT2D eigenvalue weighted by atomic mass is 10.0. The van der Waals surface area contributed by atoms with Crippen LogP contribution in [0.5, 0.6) is 0 Å². The van der Waals surface area contributed by atoms with Crippen molar-refractivity contribution < 1.29 is 17.9 Å². The third kappa shape index (κ3) is 11.1. The highest BCUT2D eigenvalue weighted by molar-refractivity contribution is 14.0. The van der Waals surface area contributed by atoms with Crippen LogP contribution in [0.4, 0.5) is 0 Å². The predicted octanol–water partition coefficient (Wildman–Crippen LogP) is 0.790. The van der Waals surface area contributed by atoms with Crippen molar-refractivity contribution >= 4 is 39.8 Å². The Hall–Kier alpha value is -0.130. The molecule has 9 heteroatoms. The summed E-state index contributed by atoms with van der Waals surface area (Å²) in [4.78, 5) is 4.54. The van der Waals surface area contributed by atoms with Gasteiger partial charge >= 0.3 is 0 Å². The minimum Gasteiger partial charge on any atom is -0.379 e. The monoisotopic (exact) mass is 463 g/mol. The molecule has 1 rings (SSSR count). The van der Waals surface area contributed by atoms with E-state index in [1.54, 1.807) is 0 Å². The average Bonchev–Trinajstić information content (AvgIpc) is 2.86. The summed E-state index contributed by atoms with van der Waals surface area (Å²) in [5.74, 6) is 0.780. The van der Waals surface area contributed by atoms with Crippen molar-refractivity contribution in [3.63, 3.8) is 0 Å². The molecule has 0 aliphatic carbocycles. The number of halogens is 1. The van der Waals surface area contributed by atoms with Gasteiger partial charge < -0.3 is 20.1 Å². The number of nitrogens with one attached hydrogen (secondary N) is 2. The van der Waals surface area contributed by atoms with Crippen LogP contribution < -0.4 is 10.6 Å². The van der Waals surface area contributed by atoms with Gasteiger partial charge in [0.05, 0.1) is 31.1 Å². The highest BCUT2D eigenvalue weighted by Gasteiger charge is 2.29. The highest BCUT2D eigenvalue weighted by atomic mass is 127. The van der Waals surface area contributed by atoms with Gasteiger partial charge in [-0.25, -0.2) is 8.42 Å². The van der Waals surface area contributed by atoms with Crippen molar-refractivity contribution in [2.24, 2.45) is 4.99 Å². The summed E-state index contributed by atoms with van der Waals surface area (Å²) in [6, 6.07) is 0. The molecule has 7 nitrogen and oxygen atoms in total. The first-order chi connectivity index (χ1) is 10.3. The second-order valence-electron chi connectivity index (χ2n) is 5.77. The molecular weight excluding hydrogens is 433 g/mol. The number of ether oxygens (including phenoxy) is 2. The van der Waals surface area contributed by atoms with Crippen molar-refractivity contribution in [3.8, 4) is 0 Å². The quantitative estimate of drug-likeness (QED) is 0.228. The van der Waals surface area contributed by atoms with E-state index in [9.17, 15) is 8.42 Å². The topological polar surface area (TPSA) is 89.0 Å². The highest BCUT2D eigenvalue weighted by Crippen LogP contribution is 2.24. The molecule has 2 N–H and O–H groups in total. The molecule has 0 spiro atoms. The predicted molar refractivity (Wildman–Crippen MR) is 104 cm³/mol. The minimum absolute atomic E-state index is 0. The Morgan fingerprint density at radius 3 is 2.65 bits per heavy atom. The maximum Gasteiger partial charge on any atom is 0.191 e. The van der Waals surface area contributed by atoms with E-state index < -0.39 is 9.84 Å². The second kappa shape index (κ2) is 11.4. The average molecular weight is 463 g/mol. The Balaban J connectivity index is 0.00000484. The normalized spacial score (nSPS) is 21.8. The van der Waals surface area contributed by atoms with Crippen molar-refractivity contribution in [1.29, 1.82) is 0 Å². The van der Waals surface area contributed by atoms with E-state index in [0.29, 0.717) is 19.7 Å². The molecule has 0 aromatic heterocycles. The largest absolute Gasteiger partial charge is 0.379 e. The molecule has 0 saturated carbocycles. The van der Waals surface area contributed by atoms with E-state index in [-0.39, 0.29) is 41.9 Å². The number of nitrogens with zero attached hydrogens (tertiary/aromatic N) is 1. The van der Waals surface area contributed by atoms with E-state index in [1.807, 2.05) is 6.92 Å². The van der Waals surface area contributed by atoms with Crippen LogP contribution in [0, 0.1) is 0 Å². The van der Waals surface area contributed by atoms with Crippen LogP contribution in [-0.4, -0.2) is 71.4 Å². The number of guanidine groups is 1. The smallest absolute Gasteiger partial charge is 0.191 e. The SMILES string of the molecule is CCNC(=NCC1(C)CCCO1)NCCOCCS(C)(=O)=O.I. The fourth-order valence-electron chi connectivity index (χ4n) is 2.10. The summed E-state index contributed by atoms with van der Waals surface area (Å²) < 4.78 is 32.9. The summed E-state index contributed by atoms with van der Waals surface area (Å²) in [6.45, 7) is 7.54. The maximum absolute atomic E-state index is 11.0. The van der Waals surface area contributed by atoms with Gasteiger partial charge in [0.2, 0.25) is 0 Å². The zero-order chi connectivity index (χ0) is 16.5. The lowest BCUT2D eigenvalue weighted by Crippen LogP contribution is -2.40. The number of hydrogen-bond donors (Lipinski definition) is 2. The van der Waals surface area contributed by atoms with E-state index in [4.69, 9.17) is 9.47 Å². The van der Waals surface area contributed by atoms with Crippen LogP contribution in [0.25, 0.3) is 0 Å². The molecule has 0 bridgehead atoms. The van der Waals surface area contributed by atoms with Gasteiger partial charge in [0, 0.05) is 26.0 Å². The fourth-order valence-corrected chi connectivity index (χ4v) is 2.52. The van der Waals surface area contributed by atoms with Crippen LogP contribution in [0.2, 0.25) is 0 Å². The lowest BCUT2D eigenvalue weighted by molar-refractivity contribution is 0.0283. The van der Waals surface area contributed by atoms with Crippen LogP contribution in [0.1, 0.15) is 26.7 Å². The zero-order valence-corrected chi connectivity index (χ0v) is 17.4. The lowest BCUT2D eigenvalue weighted by Gasteiger charge is -2.21. The van der Waals surface area contributed by atoms with Gasteiger partial charge in [-0.1, -0.05) is 0 Å². The molecule has 0 aromatic rings. The van der Waals surface area contributed by atoms with Crippen LogP contribution in [0.15, 0.2) is 4.99 Å². The zero-order valence-electron chi connectivity index (χ0n) is 14.3. The van der Waals surface area contributed by atoms with Crippen molar-refractivity contribution in [2.75, 3.05) is 51.5 Å². The third-order valence-corrected chi connectivity index (χ3v) is 4.26. The van der Waals surface area contributed by atoms with Crippen molar-refractivity contribution in [3.05, 3.63) is 0 Å². The number of sulfone groups is 1. The molecule has 1 aliphatic heterocycles. The summed E-state index contributed by atoms with van der Waals surface area (Å²) >= 11 is 0. The summed E-state index contributed by atoms with van der Waals surface area (Å²) in [7, 11) is -2.96. The third-order valence-electron chi connectivity index (χ3n) is 3.35. The minimum atomic E-state index is -2.96. The molecule has 1 aliphatic rings.